The van der Waals surface area contributed by atoms with Crippen molar-refractivity contribution in [2.24, 2.45) is 0 Å². The van der Waals surface area contributed by atoms with Gasteiger partial charge in [-0.25, -0.2) is 4.79 Å². The smallest absolute Gasteiger partial charge is 0.317 e. The van der Waals surface area contributed by atoms with E-state index in [0.29, 0.717) is 13.1 Å². The summed E-state index contributed by atoms with van der Waals surface area (Å²) < 4.78 is 0. The number of carbonyl (C=O) groups is 2. The van der Waals surface area contributed by atoms with Crippen LogP contribution in [-0.2, 0) is 4.79 Å². The molecule has 0 aliphatic heterocycles. The third-order valence-corrected chi connectivity index (χ3v) is 3.22. The molecule has 2 amide bonds. The lowest BCUT2D eigenvalue weighted by molar-refractivity contribution is -0.139. The monoisotopic (exact) mass is 267 g/mol. The Labute approximate surface area is 113 Å². The standard InChI is InChI=1S/C13H21N3O3/c1-3-5-6-14-13(19)15-10-7-11(8-10)16(4-2)9-12(17)18/h10-11H,4,6-9H2,1-2H3,(H,17,18)(H2,14,15,19). The van der Waals surface area contributed by atoms with Gasteiger partial charge in [-0.05, 0) is 26.3 Å². The number of carbonyl (C=O) groups excluding carboxylic acids is 1. The highest BCUT2D eigenvalue weighted by Gasteiger charge is 2.34. The first-order chi connectivity index (χ1) is 9.06. The summed E-state index contributed by atoms with van der Waals surface area (Å²) in [6, 6.07) is 0.164. The third-order valence-electron chi connectivity index (χ3n) is 3.22. The van der Waals surface area contributed by atoms with Crippen LogP contribution in [0.2, 0.25) is 0 Å². The first kappa shape index (κ1) is 15.3. The molecule has 0 aromatic rings. The van der Waals surface area contributed by atoms with Crippen LogP contribution in [0.1, 0.15) is 26.7 Å². The number of carboxylic acids is 1. The molecule has 0 radical (unpaired) electrons. The lowest BCUT2D eigenvalue weighted by Gasteiger charge is -2.42. The van der Waals surface area contributed by atoms with Gasteiger partial charge >= 0.3 is 12.0 Å². The van der Waals surface area contributed by atoms with Crippen LogP contribution in [0.15, 0.2) is 0 Å². The average Bonchev–Trinajstić information content (AvgIpc) is 2.31. The van der Waals surface area contributed by atoms with Gasteiger partial charge in [0.1, 0.15) is 0 Å². The summed E-state index contributed by atoms with van der Waals surface area (Å²) in [6.07, 6.45) is 1.60. The van der Waals surface area contributed by atoms with Crippen LogP contribution in [-0.4, -0.2) is 53.7 Å². The highest BCUT2D eigenvalue weighted by molar-refractivity contribution is 5.74. The molecule has 1 rings (SSSR count). The van der Waals surface area contributed by atoms with Gasteiger partial charge in [-0.3, -0.25) is 9.69 Å². The number of hydrogen-bond donors (Lipinski definition) is 3. The number of amides is 2. The van der Waals surface area contributed by atoms with E-state index < -0.39 is 5.97 Å². The van der Waals surface area contributed by atoms with Crippen LogP contribution in [0.4, 0.5) is 4.79 Å². The summed E-state index contributed by atoms with van der Waals surface area (Å²) >= 11 is 0. The third kappa shape index (κ3) is 5.18. The molecule has 0 spiro atoms. The van der Waals surface area contributed by atoms with E-state index >= 15 is 0 Å². The number of urea groups is 1. The van der Waals surface area contributed by atoms with Crippen molar-refractivity contribution in [1.82, 2.24) is 15.5 Å². The van der Waals surface area contributed by atoms with Crippen LogP contribution >= 0.6 is 0 Å². The number of nitrogens with one attached hydrogen (secondary N) is 2. The van der Waals surface area contributed by atoms with Crippen molar-refractivity contribution in [3.63, 3.8) is 0 Å². The Morgan fingerprint density at radius 1 is 1.42 bits per heavy atom. The van der Waals surface area contributed by atoms with Crippen LogP contribution in [0.5, 0.6) is 0 Å². The topological polar surface area (TPSA) is 81.7 Å². The fourth-order valence-electron chi connectivity index (χ4n) is 2.13. The molecule has 6 nitrogen and oxygen atoms in total. The number of rotatable bonds is 6. The number of aliphatic carboxylic acids is 1. The van der Waals surface area contributed by atoms with Crippen molar-refractivity contribution in [2.45, 2.75) is 38.8 Å². The van der Waals surface area contributed by atoms with Gasteiger partial charge in [0.25, 0.3) is 0 Å². The zero-order valence-electron chi connectivity index (χ0n) is 11.4. The Morgan fingerprint density at radius 2 is 2.11 bits per heavy atom. The van der Waals surface area contributed by atoms with Crippen molar-refractivity contribution in [3.05, 3.63) is 0 Å². The molecule has 0 bridgehead atoms. The lowest BCUT2D eigenvalue weighted by atomic mass is 9.85. The zero-order valence-corrected chi connectivity index (χ0v) is 11.4. The molecule has 1 aliphatic carbocycles. The SMILES string of the molecule is CC#CCNC(=O)NC1CC(N(CC)CC(=O)O)C1. The van der Waals surface area contributed by atoms with E-state index in [1.165, 1.54) is 0 Å². The second-order valence-electron chi connectivity index (χ2n) is 4.53. The first-order valence-electron chi connectivity index (χ1n) is 6.46. The van der Waals surface area contributed by atoms with E-state index in [-0.39, 0.29) is 24.7 Å². The normalized spacial score (nSPS) is 21.0. The molecule has 1 aliphatic rings. The average molecular weight is 267 g/mol. The summed E-state index contributed by atoms with van der Waals surface area (Å²) in [5.41, 5.74) is 0. The van der Waals surface area contributed by atoms with Crippen molar-refractivity contribution in [2.75, 3.05) is 19.6 Å². The van der Waals surface area contributed by atoms with Gasteiger partial charge in [-0.15, -0.1) is 5.92 Å². The predicted molar refractivity (Wildman–Crippen MR) is 71.7 cm³/mol. The first-order valence-corrected chi connectivity index (χ1v) is 6.46. The molecule has 0 saturated heterocycles. The maximum absolute atomic E-state index is 11.4. The molecule has 19 heavy (non-hydrogen) atoms. The molecule has 0 heterocycles. The quantitative estimate of drug-likeness (QED) is 0.602. The molecule has 0 aromatic heterocycles. The minimum absolute atomic E-state index is 0.0617. The largest absolute Gasteiger partial charge is 0.480 e. The summed E-state index contributed by atoms with van der Waals surface area (Å²) in [5, 5.41) is 14.3. The molecule has 0 aromatic carbocycles. The lowest BCUT2D eigenvalue weighted by Crippen LogP contribution is -2.56. The Kier molecular flexibility index (Phi) is 6.16. The second-order valence-corrected chi connectivity index (χ2v) is 4.53. The molecule has 1 fully saturated rings. The van der Waals surface area contributed by atoms with Crippen molar-refractivity contribution < 1.29 is 14.7 Å². The van der Waals surface area contributed by atoms with Crippen LogP contribution in [0.3, 0.4) is 0 Å². The molecule has 106 valence electrons. The summed E-state index contributed by atoms with van der Waals surface area (Å²) in [4.78, 5) is 24.0. The van der Waals surface area contributed by atoms with E-state index in [0.717, 1.165) is 12.8 Å². The van der Waals surface area contributed by atoms with Gasteiger partial charge in [0.2, 0.25) is 0 Å². The summed E-state index contributed by atoms with van der Waals surface area (Å²) in [6.45, 7) is 4.78. The number of hydrogen-bond acceptors (Lipinski definition) is 3. The molecule has 0 atom stereocenters. The Bertz CT molecular complexity index is 380. The predicted octanol–water partition coefficient (Wildman–Crippen LogP) is 0.246. The molecular formula is C13H21N3O3. The van der Waals surface area contributed by atoms with Crippen LogP contribution < -0.4 is 10.6 Å². The van der Waals surface area contributed by atoms with Gasteiger partial charge in [0.15, 0.2) is 0 Å². The van der Waals surface area contributed by atoms with Crippen molar-refractivity contribution >= 4 is 12.0 Å². The van der Waals surface area contributed by atoms with Crippen molar-refractivity contribution in [1.29, 1.82) is 0 Å². The van der Waals surface area contributed by atoms with E-state index in [4.69, 9.17) is 5.11 Å². The zero-order chi connectivity index (χ0) is 14.3. The van der Waals surface area contributed by atoms with E-state index in [1.807, 2.05) is 11.8 Å². The fraction of sp³-hybridized carbons (Fsp3) is 0.692. The van der Waals surface area contributed by atoms with Gasteiger partial charge in [-0.2, -0.15) is 0 Å². The molecule has 6 heteroatoms. The molecule has 0 unspecified atom stereocenters. The number of carboxylic acid groups (broad SMARTS) is 1. The summed E-state index contributed by atoms with van der Waals surface area (Å²) in [7, 11) is 0. The minimum atomic E-state index is -0.811. The van der Waals surface area contributed by atoms with Gasteiger partial charge < -0.3 is 15.7 Å². The van der Waals surface area contributed by atoms with Gasteiger partial charge in [0.05, 0.1) is 13.1 Å². The maximum Gasteiger partial charge on any atom is 0.317 e. The number of nitrogens with zero attached hydrogens (tertiary/aromatic N) is 1. The minimum Gasteiger partial charge on any atom is -0.480 e. The maximum atomic E-state index is 11.4. The van der Waals surface area contributed by atoms with Gasteiger partial charge in [-0.1, -0.05) is 12.8 Å². The Hall–Kier alpha value is -1.74. The van der Waals surface area contributed by atoms with Gasteiger partial charge in [0, 0.05) is 12.1 Å². The Balaban J connectivity index is 2.22. The second kappa shape index (κ2) is 7.64. The fourth-order valence-corrected chi connectivity index (χ4v) is 2.13. The highest BCUT2D eigenvalue weighted by atomic mass is 16.4. The van der Waals surface area contributed by atoms with Crippen LogP contribution in [0, 0.1) is 11.8 Å². The summed E-state index contributed by atoms with van der Waals surface area (Å²) in [5.74, 6) is 4.64. The van der Waals surface area contributed by atoms with E-state index in [1.54, 1.807) is 6.92 Å². The molecular weight excluding hydrogens is 246 g/mol. The van der Waals surface area contributed by atoms with E-state index in [9.17, 15) is 9.59 Å². The van der Waals surface area contributed by atoms with E-state index in [2.05, 4.69) is 22.5 Å². The molecule has 3 N–H and O–H groups in total. The van der Waals surface area contributed by atoms with Crippen molar-refractivity contribution in [3.8, 4) is 11.8 Å². The number of likely N-dealkylation sites (N-methyl/N-ethyl adjacent to an activating group) is 1. The van der Waals surface area contributed by atoms with Crippen LogP contribution in [0.25, 0.3) is 0 Å². The molecule has 1 saturated carbocycles. The Morgan fingerprint density at radius 3 is 2.63 bits per heavy atom. The highest BCUT2D eigenvalue weighted by Crippen LogP contribution is 2.25.